The molecule has 10 nitrogen and oxygen atoms in total. The topological polar surface area (TPSA) is 152 Å². The molecule has 0 saturated carbocycles. The average molecular weight is 707 g/mol. The average Bonchev–Trinajstić information content (AvgIpc) is 3.44. The highest BCUT2D eigenvalue weighted by Gasteiger charge is 2.49. The summed E-state index contributed by atoms with van der Waals surface area (Å²) in [4.78, 5) is 34.8. The molecule has 0 aliphatic rings. The Morgan fingerprint density at radius 1 is 0.622 bits per heavy atom. The zero-order chi connectivity index (χ0) is 36.0. The molecule has 0 radical (unpaired) electrons. The third kappa shape index (κ3) is 8.92. The van der Waals surface area contributed by atoms with Gasteiger partial charge in [-0.05, 0) is 81.6 Å². The standard InChI is InChI=1S/C16H28N2O3S2.C15H26N2O3S2/c1-10-11(14(2,3)4)22-13(17-10)18-12(19)16(8,9)23(20,21)15(5,6)7;1-13(2,3)10-9-21-12(16-10)17-11(18)15(7,8)22(19,20)14(4,5)6/h1-9H3,(H,17,18,19);9H,1-8H3,(H,16,17,18). The fraction of sp³-hybridized carbons (Fsp3) is 0.742. The van der Waals surface area contributed by atoms with E-state index >= 15 is 0 Å². The Bertz CT molecular complexity index is 1600. The lowest BCUT2D eigenvalue weighted by Gasteiger charge is -2.31. The molecular formula is C31H54N4O6S4. The lowest BCUT2D eigenvalue weighted by Crippen LogP contribution is -2.51. The van der Waals surface area contributed by atoms with Crippen molar-refractivity contribution in [3.8, 4) is 0 Å². The van der Waals surface area contributed by atoms with Gasteiger partial charge in [-0.15, -0.1) is 22.7 Å². The van der Waals surface area contributed by atoms with Crippen LogP contribution in [0.2, 0.25) is 0 Å². The number of aryl methyl sites for hydroxylation is 1. The number of carbonyl (C=O) groups excluding carboxylic acids is 2. The van der Waals surface area contributed by atoms with Gasteiger partial charge in [0.2, 0.25) is 11.8 Å². The molecule has 0 spiro atoms. The predicted molar refractivity (Wildman–Crippen MR) is 189 cm³/mol. The molecule has 2 amide bonds. The maximum absolute atomic E-state index is 12.7. The lowest BCUT2D eigenvalue weighted by atomic mass is 9.93. The molecule has 2 aromatic rings. The zero-order valence-electron chi connectivity index (χ0n) is 30.1. The SMILES string of the molecule is CC(C)(C)c1csc(NC(=O)C(C)(C)S(=O)(=O)C(C)(C)C)n1.Cc1nc(NC(=O)C(C)(C)S(=O)(=O)C(C)(C)C)sc1C(C)(C)C. The number of carbonyl (C=O) groups is 2. The molecule has 0 atom stereocenters. The number of aromatic nitrogens is 2. The second kappa shape index (κ2) is 13.0. The molecule has 0 aliphatic heterocycles. The van der Waals surface area contributed by atoms with Gasteiger partial charge in [-0.1, -0.05) is 41.5 Å². The minimum Gasteiger partial charge on any atom is -0.301 e. The Hall–Kier alpha value is -1.90. The number of sulfone groups is 2. The Morgan fingerprint density at radius 3 is 1.29 bits per heavy atom. The van der Waals surface area contributed by atoms with Crippen LogP contribution in [0.1, 0.15) is 127 Å². The Labute approximate surface area is 279 Å². The van der Waals surface area contributed by atoms with Crippen LogP contribution in [0, 0.1) is 6.92 Å². The van der Waals surface area contributed by atoms with Crippen LogP contribution in [0.4, 0.5) is 10.3 Å². The summed E-state index contributed by atoms with van der Waals surface area (Å²) in [5.41, 5.74) is 1.53. The van der Waals surface area contributed by atoms with Gasteiger partial charge in [0.05, 0.1) is 20.9 Å². The fourth-order valence-electron chi connectivity index (χ4n) is 4.09. The van der Waals surface area contributed by atoms with Gasteiger partial charge in [0.1, 0.15) is 9.49 Å². The van der Waals surface area contributed by atoms with E-state index in [1.165, 1.54) is 50.4 Å². The zero-order valence-corrected chi connectivity index (χ0v) is 33.3. The molecule has 0 unspecified atom stereocenters. The van der Waals surface area contributed by atoms with Gasteiger partial charge < -0.3 is 10.6 Å². The normalized spacial score (nSPS) is 14.0. The number of anilines is 2. The van der Waals surface area contributed by atoms with Crippen molar-refractivity contribution in [1.29, 1.82) is 0 Å². The molecule has 258 valence electrons. The van der Waals surface area contributed by atoms with Crippen molar-refractivity contribution in [2.75, 3.05) is 10.6 Å². The molecule has 0 aliphatic carbocycles. The van der Waals surface area contributed by atoms with Gasteiger partial charge in [0, 0.05) is 15.7 Å². The van der Waals surface area contributed by atoms with Gasteiger partial charge in [-0.3, -0.25) is 9.59 Å². The summed E-state index contributed by atoms with van der Waals surface area (Å²) in [6.07, 6.45) is 0. The highest BCUT2D eigenvalue weighted by Crippen LogP contribution is 2.36. The first-order chi connectivity index (χ1) is 19.6. The second-order valence-corrected chi connectivity index (χ2v) is 24.5. The number of amides is 2. The summed E-state index contributed by atoms with van der Waals surface area (Å²) < 4.78 is 45.4. The third-order valence-corrected chi connectivity index (χ3v) is 15.8. The van der Waals surface area contributed by atoms with Gasteiger partial charge in [-0.25, -0.2) is 26.8 Å². The molecule has 0 bridgehead atoms. The summed E-state index contributed by atoms with van der Waals surface area (Å²) in [6, 6.07) is 0. The molecule has 14 heteroatoms. The highest BCUT2D eigenvalue weighted by atomic mass is 32.2. The van der Waals surface area contributed by atoms with Gasteiger partial charge in [0.25, 0.3) is 0 Å². The van der Waals surface area contributed by atoms with Crippen molar-refractivity contribution in [3.63, 3.8) is 0 Å². The largest absolute Gasteiger partial charge is 0.301 e. The smallest absolute Gasteiger partial charge is 0.247 e. The van der Waals surface area contributed by atoms with Crippen molar-refractivity contribution in [2.45, 2.75) is 148 Å². The van der Waals surface area contributed by atoms with Gasteiger partial charge in [0.15, 0.2) is 29.9 Å². The van der Waals surface area contributed by atoms with Crippen molar-refractivity contribution in [3.05, 3.63) is 21.6 Å². The van der Waals surface area contributed by atoms with Crippen molar-refractivity contribution in [2.24, 2.45) is 0 Å². The van der Waals surface area contributed by atoms with E-state index in [0.29, 0.717) is 10.3 Å². The first kappa shape index (κ1) is 41.1. The Kier molecular flexibility index (Phi) is 11.8. The first-order valence-electron chi connectivity index (χ1n) is 14.7. The van der Waals surface area contributed by atoms with Crippen LogP contribution in [-0.2, 0) is 40.1 Å². The maximum atomic E-state index is 12.7. The minimum absolute atomic E-state index is 0.0717. The van der Waals surface area contributed by atoms with E-state index in [1.807, 2.05) is 33.1 Å². The molecule has 2 N–H and O–H groups in total. The van der Waals surface area contributed by atoms with E-state index in [9.17, 15) is 26.4 Å². The molecule has 0 aromatic carbocycles. The fourth-order valence-corrected chi connectivity index (χ4v) is 9.70. The second-order valence-electron chi connectivity index (χ2n) is 16.1. The quantitative estimate of drug-likeness (QED) is 0.324. The van der Waals surface area contributed by atoms with Crippen LogP contribution < -0.4 is 10.6 Å². The molecule has 45 heavy (non-hydrogen) atoms. The molecule has 2 rings (SSSR count). The van der Waals surface area contributed by atoms with Crippen LogP contribution in [0.25, 0.3) is 0 Å². The monoisotopic (exact) mass is 706 g/mol. The summed E-state index contributed by atoms with van der Waals surface area (Å²) >= 11 is 2.69. The van der Waals surface area contributed by atoms with E-state index in [1.54, 1.807) is 41.5 Å². The number of nitrogens with one attached hydrogen (secondary N) is 2. The van der Waals surface area contributed by atoms with Crippen molar-refractivity contribution >= 4 is 64.4 Å². The number of hydrogen-bond donors (Lipinski definition) is 2. The maximum Gasteiger partial charge on any atom is 0.247 e. The predicted octanol–water partition coefficient (Wildman–Crippen LogP) is 7.05. The summed E-state index contributed by atoms with van der Waals surface area (Å²) in [6.45, 7) is 29.5. The molecular weight excluding hydrogens is 653 g/mol. The number of thiazole rings is 2. The molecule has 0 fully saturated rings. The summed E-state index contributed by atoms with van der Waals surface area (Å²) in [5, 5.41) is 8.06. The van der Waals surface area contributed by atoms with E-state index in [-0.39, 0.29) is 10.8 Å². The third-order valence-electron chi connectivity index (χ3n) is 7.24. The molecule has 2 aromatic heterocycles. The first-order valence-corrected chi connectivity index (χ1v) is 19.3. The van der Waals surface area contributed by atoms with Gasteiger partial charge in [-0.2, -0.15) is 0 Å². The van der Waals surface area contributed by atoms with Crippen LogP contribution in [0.3, 0.4) is 0 Å². The van der Waals surface area contributed by atoms with Crippen molar-refractivity contribution < 1.29 is 26.4 Å². The van der Waals surface area contributed by atoms with E-state index in [2.05, 4.69) is 41.4 Å². The number of nitrogens with zero attached hydrogens (tertiary/aromatic N) is 2. The van der Waals surface area contributed by atoms with Crippen LogP contribution in [-0.4, -0.2) is 57.6 Å². The Morgan fingerprint density at radius 2 is 1.00 bits per heavy atom. The summed E-state index contributed by atoms with van der Waals surface area (Å²) in [7, 11) is -7.31. The van der Waals surface area contributed by atoms with Crippen LogP contribution in [0.5, 0.6) is 0 Å². The molecule has 2 heterocycles. The minimum atomic E-state index is -3.66. The van der Waals surface area contributed by atoms with Crippen molar-refractivity contribution in [1.82, 2.24) is 9.97 Å². The van der Waals surface area contributed by atoms with E-state index < -0.39 is 50.5 Å². The summed E-state index contributed by atoms with van der Waals surface area (Å²) in [5.74, 6) is -1.11. The highest BCUT2D eigenvalue weighted by molar-refractivity contribution is 7.95. The van der Waals surface area contributed by atoms with Crippen LogP contribution >= 0.6 is 22.7 Å². The number of rotatable bonds is 6. The van der Waals surface area contributed by atoms with Gasteiger partial charge >= 0.3 is 0 Å². The lowest BCUT2D eigenvalue weighted by molar-refractivity contribution is -0.118. The van der Waals surface area contributed by atoms with Crippen LogP contribution in [0.15, 0.2) is 5.38 Å². The Balaban J connectivity index is 0.000000450. The number of hydrogen-bond acceptors (Lipinski definition) is 10. The molecule has 0 saturated heterocycles. The van der Waals surface area contributed by atoms with E-state index in [4.69, 9.17) is 0 Å². The van der Waals surface area contributed by atoms with E-state index in [0.717, 1.165) is 16.3 Å².